The molecular formula is C24H24N4O6. The van der Waals surface area contributed by atoms with Gasteiger partial charge in [0, 0.05) is 20.1 Å². The maximum Gasteiger partial charge on any atom is 0.412 e. The van der Waals surface area contributed by atoms with Crippen LogP contribution < -0.4 is 10.6 Å². The number of hydrogen-bond donors (Lipinski definition) is 3. The lowest BCUT2D eigenvalue weighted by Crippen LogP contribution is -2.38. The molecule has 2 aromatic carbocycles. The Morgan fingerprint density at radius 3 is 2.29 bits per heavy atom. The van der Waals surface area contributed by atoms with Crippen molar-refractivity contribution in [2.75, 3.05) is 25.6 Å². The molecule has 0 aliphatic heterocycles. The van der Waals surface area contributed by atoms with Crippen molar-refractivity contribution >= 4 is 23.8 Å². The Bertz CT molecular complexity index is 1190. The molecule has 10 heteroatoms. The molecule has 1 atom stereocenters. The summed E-state index contributed by atoms with van der Waals surface area (Å²) in [6.07, 6.45) is -0.657. The van der Waals surface area contributed by atoms with Gasteiger partial charge in [0.25, 0.3) is 5.91 Å². The number of fused-ring (bicyclic) bond motifs is 3. The van der Waals surface area contributed by atoms with Gasteiger partial charge < -0.3 is 19.9 Å². The van der Waals surface area contributed by atoms with Gasteiger partial charge in [0.2, 0.25) is 0 Å². The predicted molar refractivity (Wildman–Crippen MR) is 123 cm³/mol. The first-order chi connectivity index (χ1) is 16.4. The number of nitrogens with one attached hydrogen (secondary N) is 2. The van der Waals surface area contributed by atoms with Gasteiger partial charge in [-0.1, -0.05) is 48.5 Å². The lowest BCUT2D eigenvalue weighted by atomic mass is 9.98. The Hall–Kier alpha value is -4.18. The molecule has 0 bridgehead atoms. The lowest BCUT2D eigenvalue weighted by molar-refractivity contribution is -0.148. The van der Waals surface area contributed by atoms with Gasteiger partial charge >= 0.3 is 12.1 Å². The van der Waals surface area contributed by atoms with E-state index in [1.165, 1.54) is 18.0 Å². The number of carbonyl (C=O) groups is 3. The molecular weight excluding hydrogens is 440 g/mol. The van der Waals surface area contributed by atoms with Crippen molar-refractivity contribution in [2.45, 2.75) is 12.0 Å². The summed E-state index contributed by atoms with van der Waals surface area (Å²) < 4.78 is 11.7. The first-order valence-electron chi connectivity index (χ1n) is 10.6. The number of aryl methyl sites for hydroxylation is 1. The number of amides is 2. The van der Waals surface area contributed by atoms with Gasteiger partial charge in [0.15, 0.2) is 6.10 Å². The highest BCUT2D eigenvalue weighted by Crippen LogP contribution is 2.44. The molecule has 0 fully saturated rings. The van der Waals surface area contributed by atoms with E-state index in [4.69, 9.17) is 14.6 Å². The van der Waals surface area contributed by atoms with Crippen LogP contribution in [0.5, 0.6) is 0 Å². The Kier molecular flexibility index (Phi) is 6.60. The van der Waals surface area contributed by atoms with Crippen molar-refractivity contribution in [3.8, 4) is 11.1 Å². The third kappa shape index (κ3) is 4.48. The second-order valence-electron chi connectivity index (χ2n) is 7.75. The smallest absolute Gasteiger partial charge is 0.412 e. The molecule has 0 radical (unpaired) electrons. The van der Waals surface area contributed by atoms with E-state index in [1.54, 1.807) is 7.05 Å². The van der Waals surface area contributed by atoms with Crippen molar-refractivity contribution in [3.63, 3.8) is 0 Å². The van der Waals surface area contributed by atoms with E-state index in [0.29, 0.717) is 0 Å². The summed E-state index contributed by atoms with van der Waals surface area (Å²) in [5.74, 6) is -1.79. The molecule has 0 spiro atoms. The molecule has 3 N–H and O–H groups in total. The quantitative estimate of drug-likeness (QED) is 0.467. The first kappa shape index (κ1) is 23.0. The Labute approximate surface area is 195 Å². The number of carboxylic acids is 1. The van der Waals surface area contributed by atoms with Crippen molar-refractivity contribution in [1.29, 1.82) is 0 Å². The minimum Gasteiger partial charge on any atom is -0.479 e. The van der Waals surface area contributed by atoms with Crippen LogP contribution in [0.15, 0.2) is 54.7 Å². The van der Waals surface area contributed by atoms with Gasteiger partial charge in [0.05, 0.1) is 12.7 Å². The molecule has 1 unspecified atom stereocenters. The van der Waals surface area contributed by atoms with E-state index in [-0.39, 0.29) is 30.5 Å². The largest absolute Gasteiger partial charge is 0.479 e. The zero-order chi connectivity index (χ0) is 24.2. The minimum atomic E-state index is -1.20. The van der Waals surface area contributed by atoms with Crippen LogP contribution in [0.25, 0.3) is 11.1 Å². The van der Waals surface area contributed by atoms with Crippen molar-refractivity contribution < 1.29 is 29.0 Å². The molecule has 0 saturated carbocycles. The summed E-state index contributed by atoms with van der Waals surface area (Å²) in [4.78, 5) is 36.2. The van der Waals surface area contributed by atoms with E-state index in [9.17, 15) is 14.4 Å². The SMILES string of the molecule is COC(CNC(=O)c1cnn(C)c1NC(=O)OCC1c2ccccc2-c2ccccc21)C(=O)O. The summed E-state index contributed by atoms with van der Waals surface area (Å²) >= 11 is 0. The number of carbonyl (C=O) groups excluding carboxylic acids is 2. The number of nitrogens with zero attached hydrogens (tertiary/aromatic N) is 2. The summed E-state index contributed by atoms with van der Waals surface area (Å²) in [6.45, 7) is -0.128. The van der Waals surface area contributed by atoms with Crippen LogP contribution in [0.4, 0.5) is 10.6 Å². The molecule has 176 valence electrons. The number of hydrogen-bond acceptors (Lipinski definition) is 6. The van der Waals surface area contributed by atoms with E-state index in [2.05, 4.69) is 15.7 Å². The fourth-order valence-electron chi connectivity index (χ4n) is 4.04. The monoisotopic (exact) mass is 464 g/mol. The van der Waals surface area contributed by atoms with Gasteiger partial charge in [-0.3, -0.25) is 14.8 Å². The zero-order valence-corrected chi connectivity index (χ0v) is 18.6. The Morgan fingerprint density at radius 2 is 1.71 bits per heavy atom. The van der Waals surface area contributed by atoms with E-state index >= 15 is 0 Å². The lowest BCUT2D eigenvalue weighted by Gasteiger charge is -2.15. The zero-order valence-electron chi connectivity index (χ0n) is 18.6. The first-order valence-corrected chi connectivity index (χ1v) is 10.6. The average Bonchev–Trinajstić information content (AvgIpc) is 3.35. The van der Waals surface area contributed by atoms with Crippen LogP contribution >= 0.6 is 0 Å². The van der Waals surface area contributed by atoms with Crippen LogP contribution in [-0.2, 0) is 21.3 Å². The standard InChI is InChI=1S/C24H24N4O6/c1-28-21(18(11-26-28)22(29)25-12-20(33-2)23(30)31)27-24(32)34-13-19-16-9-5-3-7-14(16)15-8-4-6-10-17(15)19/h3-11,19-20H,12-13H2,1-2H3,(H,25,29)(H,27,32)(H,30,31). The Morgan fingerprint density at radius 1 is 1.09 bits per heavy atom. The number of benzene rings is 2. The molecule has 1 aliphatic rings. The van der Waals surface area contributed by atoms with Crippen LogP contribution in [-0.4, -0.2) is 59.2 Å². The van der Waals surface area contributed by atoms with E-state index in [0.717, 1.165) is 22.3 Å². The second-order valence-corrected chi connectivity index (χ2v) is 7.75. The maximum absolute atomic E-state index is 12.6. The molecule has 34 heavy (non-hydrogen) atoms. The van der Waals surface area contributed by atoms with Gasteiger partial charge in [-0.05, 0) is 22.3 Å². The molecule has 3 aromatic rings. The third-order valence-electron chi connectivity index (χ3n) is 5.76. The van der Waals surface area contributed by atoms with Crippen LogP contribution in [0, 0.1) is 0 Å². The van der Waals surface area contributed by atoms with E-state index in [1.807, 2.05) is 48.5 Å². The third-order valence-corrected chi connectivity index (χ3v) is 5.76. The molecule has 10 nitrogen and oxygen atoms in total. The number of ether oxygens (including phenoxy) is 2. The molecule has 1 heterocycles. The minimum absolute atomic E-state index is 0.0660. The van der Waals surface area contributed by atoms with Crippen molar-refractivity contribution in [1.82, 2.24) is 15.1 Å². The highest BCUT2D eigenvalue weighted by Gasteiger charge is 2.29. The normalized spacial score (nSPS) is 13.0. The summed E-state index contributed by atoms with van der Waals surface area (Å²) in [7, 11) is 2.80. The molecule has 1 aliphatic carbocycles. The van der Waals surface area contributed by atoms with Crippen LogP contribution in [0.2, 0.25) is 0 Å². The van der Waals surface area contributed by atoms with Crippen molar-refractivity contribution in [3.05, 3.63) is 71.4 Å². The predicted octanol–water partition coefficient (Wildman–Crippen LogP) is 2.61. The summed E-state index contributed by atoms with van der Waals surface area (Å²) in [5.41, 5.74) is 4.48. The summed E-state index contributed by atoms with van der Waals surface area (Å²) in [6, 6.07) is 16.0. The number of rotatable bonds is 8. The van der Waals surface area contributed by atoms with Gasteiger partial charge in [-0.15, -0.1) is 0 Å². The Balaban J connectivity index is 1.42. The highest BCUT2D eigenvalue weighted by atomic mass is 16.5. The van der Waals surface area contributed by atoms with Gasteiger partial charge in [-0.2, -0.15) is 5.10 Å². The molecule has 2 amide bonds. The molecule has 0 saturated heterocycles. The maximum atomic E-state index is 12.6. The summed E-state index contributed by atoms with van der Waals surface area (Å²) in [5, 5.41) is 18.1. The van der Waals surface area contributed by atoms with Crippen molar-refractivity contribution in [2.24, 2.45) is 7.05 Å². The van der Waals surface area contributed by atoms with Crippen LogP contribution in [0.3, 0.4) is 0 Å². The van der Waals surface area contributed by atoms with E-state index < -0.39 is 24.1 Å². The number of carboxylic acid groups (broad SMARTS) is 1. The second kappa shape index (κ2) is 9.75. The van der Waals surface area contributed by atoms with Gasteiger partial charge in [-0.25, -0.2) is 9.59 Å². The number of aliphatic carboxylic acids is 1. The molecule has 1 aromatic heterocycles. The topological polar surface area (TPSA) is 132 Å². The average molecular weight is 464 g/mol. The van der Waals surface area contributed by atoms with Gasteiger partial charge in [0.1, 0.15) is 18.0 Å². The fourth-order valence-corrected chi connectivity index (χ4v) is 4.04. The number of aromatic nitrogens is 2. The fraction of sp³-hybridized carbons (Fsp3) is 0.250. The highest BCUT2D eigenvalue weighted by molar-refractivity contribution is 6.01. The number of methoxy groups -OCH3 is 1. The number of anilines is 1. The molecule has 4 rings (SSSR count). The van der Waals surface area contributed by atoms with Crippen LogP contribution in [0.1, 0.15) is 27.4 Å².